The highest BCUT2D eigenvalue weighted by Crippen LogP contribution is 2.50. The van der Waals surface area contributed by atoms with Gasteiger partial charge in [0, 0.05) is 17.1 Å². The van der Waals surface area contributed by atoms with E-state index in [1.165, 1.54) is 0 Å². The average Bonchev–Trinajstić information content (AvgIpc) is 2.62. The van der Waals surface area contributed by atoms with E-state index in [1.54, 1.807) is 6.20 Å². The molecule has 1 heterocycles. The molecule has 5 heteroatoms. The van der Waals surface area contributed by atoms with Crippen LogP contribution >= 0.6 is 7.60 Å². The number of para-hydroxylation sites is 1. The summed E-state index contributed by atoms with van der Waals surface area (Å²) >= 11 is 0. The average molecular weight is 341 g/mol. The van der Waals surface area contributed by atoms with Crippen LogP contribution in [0.25, 0.3) is 22.0 Å². The Morgan fingerprint density at radius 1 is 0.917 bits per heavy atom. The van der Waals surface area contributed by atoms with Crippen molar-refractivity contribution >= 4 is 23.8 Å². The number of nitrogens with zero attached hydrogens (tertiary/aromatic N) is 1. The van der Waals surface area contributed by atoms with Crippen LogP contribution in [0.2, 0.25) is 0 Å². The summed E-state index contributed by atoms with van der Waals surface area (Å²) in [6.07, 6.45) is 1.62. The Kier molecular flexibility index (Phi) is 5.10. The maximum absolute atomic E-state index is 13.4. The third-order valence-electron chi connectivity index (χ3n) is 3.71. The summed E-state index contributed by atoms with van der Waals surface area (Å²) in [4.78, 5) is 4.47. The lowest BCUT2D eigenvalue weighted by Gasteiger charge is -2.21. The highest BCUT2D eigenvalue weighted by atomic mass is 31.2. The molecule has 0 aliphatic carbocycles. The Labute approximate surface area is 142 Å². The van der Waals surface area contributed by atoms with Gasteiger partial charge in [0.25, 0.3) is 0 Å². The second-order valence-corrected chi connectivity index (χ2v) is 7.23. The van der Waals surface area contributed by atoms with Crippen LogP contribution in [0.1, 0.15) is 13.8 Å². The minimum absolute atomic E-state index is 0.304. The first kappa shape index (κ1) is 16.8. The first-order valence-corrected chi connectivity index (χ1v) is 9.56. The van der Waals surface area contributed by atoms with Crippen LogP contribution in [0, 0.1) is 0 Å². The van der Waals surface area contributed by atoms with Crippen molar-refractivity contribution in [3.05, 3.63) is 60.8 Å². The van der Waals surface area contributed by atoms with E-state index in [4.69, 9.17) is 9.05 Å². The second kappa shape index (κ2) is 7.27. The third kappa shape index (κ3) is 3.13. The molecule has 1 aromatic heterocycles. The molecule has 0 unspecified atom stereocenters. The van der Waals surface area contributed by atoms with E-state index in [9.17, 15) is 4.57 Å². The Morgan fingerprint density at radius 3 is 2.21 bits per heavy atom. The van der Waals surface area contributed by atoms with Gasteiger partial charge in [0.1, 0.15) is 0 Å². The molecule has 0 saturated heterocycles. The highest BCUT2D eigenvalue weighted by molar-refractivity contribution is 7.62. The quantitative estimate of drug-likeness (QED) is 0.605. The number of pyridine rings is 1. The Morgan fingerprint density at radius 2 is 1.54 bits per heavy atom. The molecule has 124 valence electrons. The minimum Gasteiger partial charge on any atom is -0.305 e. The van der Waals surface area contributed by atoms with Crippen molar-refractivity contribution in [2.45, 2.75) is 13.8 Å². The van der Waals surface area contributed by atoms with Crippen LogP contribution in [0.4, 0.5) is 0 Å². The van der Waals surface area contributed by atoms with Crippen molar-refractivity contribution in [2.75, 3.05) is 13.2 Å². The standard InChI is InChI=1S/C19H20NO3P/c1-3-22-24(21,23-4-2)18-14-20-17-13-9-8-12-16(17)19(18)15-10-6-5-7-11-15/h5-14H,3-4H2,1-2H3. The molecule has 0 amide bonds. The molecule has 0 radical (unpaired) electrons. The van der Waals surface area contributed by atoms with E-state index < -0.39 is 7.60 Å². The van der Waals surface area contributed by atoms with Gasteiger partial charge in [-0.1, -0.05) is 48.5 Å². The molecule has 4 nitrogen and oxygen atoms in total. The number of aromatic nitrogens is 1. The second-order valence-electron chi connectivity index (χ2n) is 5.23. The summed E-state index contributed by atoms with van der Waals surface area (Å²) in [6, 6.07) is 17.7. The maximum atomic E-state index is 13.4. The normalized spacial score (nSPS) is 11.8. The van der Waals surface area contributed by atoms with Crippen molar-refractivity contribution in [1.29, 1.82) is 0 Å². The van der Waals surface area contributed by atoms with Crippen molar-refractivity contribution in [1.82, 2.24) is 4.98 Å². The molecule has 0 saturated carbocycles. The van der Waals surface area contributed by atoms with Crippen LogP contribution in [0.15, 0.2) is 60.8 Å². The van der Waals surface area contributed by atoms with Crippen LogP contribution in [0.5, 0.6) is 0 Å². The number of hydrogen-bond donors (Lipinski definition) is 0. The molecule has 0 N–H and O–H groups in total. The van der Waals surface area contributed by atoms with E-state index in [0.717, 1.165) is 22.0 Å². The molecule has 0 atom stereocenters. The van der Waals surface area contributed by atoms with Gasteiger partial charge < -0.3 is 9.05 Å². The molecule has 0 spiro atoms. The monoisotopic (exact) mass is 341 g/mol. The highest BCUT2D eigenvalue weighted by Gasteiger charge is 2.31. The molecule has 0 bridgehead atoms. The van der Waals surface area contributed by atoms with Crippen molar-refractivity contribution < 1.29 is 13.6 Å². The molecule has 3 rings (SSSR count). The molecule has 3 aromatic rings. The maximum Gasteiger partial charge on any atom is 0.363 e. The summed E-state index contributed by atoms with van der Waals surface area (Å²) in [5.74, 6) is 0. The van der Waals surface area contributed by atoms with E-state index in [2.05, 4.69) is 4.98 Å². The fourth-order valence-electron chi connectivity index (χ4n) is 2.76. The van der Waals surface area contributed by atoms with Gasteiger partial charge in [0.05, 0.1) is 24.0 Å². The van der Waals surface area contributed by atoms with Crippen LogP contribution in [-0.4, -0.2) is 18.2 Å². The molecular formula is C19H20NO3P. The van der Waals surface area contributed by atoms with Gasteiger partial charge >= 0.3 is 7.60 Å². The van der Waals surface area contributed by atoms with Crippen molar-refractivity contribution in [3.8, 4) is 11.1 Å². The van der Waals surface area contributed by atoms with Crippen LogP contribution in [0.3, 0.4) is 0 Å². The minimum atomic E-state index is -3.44. The Bertz CT molecular complexity index is 870. The summed E-state index contributed by atoms with van der Waals surface area (Å²) in [5, 5.41) is 1.44. The summed E-state index contributed by atoms with van der Waals surface area (Å²) in [6.45, 7) is 4.22. The largest absolute Gasteiger partial charge is 0.363 e. The number of benzene rings is 2. The molecule has 24 heavy (non-hydrogen) atoms. The lowest BCUT2D eigenvalue weighted by molar-refractivity contribution is 0.230. The molecule has 0 fully saturated rings. The smallest absolute Gasteiger partial charge is 0.305 e. The van der Waals surface area contributed by atoms with Crippen molar-refractivity contribution in [2.24, 2.45) is 0 Å². The van der Waals surface area contributed by atoms with E-state index in [1.807, 2.05) is 68.4 Å². The molecule has 0 aliphatic heterocycles. The lowest BCUT2D eigenvalue weighted by atomic mass is 10.0. The molecular weight excluding hydrogens is 321 g/mol. The van der Waals surface area contributed by atoms with Gasteiger partial charge in [-0.25, -0.2) is 0 Å². The number of hydrogen-bond acceptors (Lipinski definition) is 4. The van der Waals surface area contributed by atoms with Crippen molar-refractivity contribution in [3.63, 3.8) is 0 Å². The van der Waals surface area contributed by atoms with Gasteiger partial charge in [-0.3, -0.25) is 9.55 Å². The summed E-state index contributed by atoms with van der Waals surface area (Å²) in [7, 11) is -3.44. The van der Waals surface area contributed by atoms with Gasteiger partial charge in [0.15, 0.2) is 0 Å². The SMILES string of the molecule is CCOP(=O)(OCC)c1cnc2ccccc2c1-c1ccccc1. The first-order valence-electron chi connectivity index (χ1n) is 8.02. The van der Waals surface area contributed by atoms with E-state index in [0.29, 0.717) is 18.5 Å². The fourth-order valence-corrected chi connectivity index (χ4v) is 4.52. The zero-order valence-corrected chi connectivity index (χ0v) is 14.7. The predicted molar refractivity (Wildman–Crippen MR) is 97.7 cm³/mol. The number of fused-ring (bicyclic) bond motifs is 1. The van der Waals surface area contributed by atoms with Gasteiger partial charge in [-0.15, -0.1) is 0 Å². The lowest BCUT2D eigenvalue weighted by Crippen LogP contribution is -2.15. The van der Waals surface area contributed by atoms with Gasteiger partial charge in [0.2, 0.25) is 0 Å². The fraction of sp³-hybridized carbons (Fsp3) is 0.211. The van der Waals surface area contributed by atoms with E-state index in [-0.39, 0.29) is 0 Å². The van der Waals surface area contributed by atoms with E-state index >= 15 is 0 Å². The number of rotatable bonds is 6. The molecule has 0 aliphatic rings. The Hall–Kier alpha value is -2.00. The first-order chi connectivity index (χ1) is 11.7. The van der Waals surface area contributed by atoms with Gasteiger partial charge in [-0.05, 0) is 25.5 Å². The zero-order valence-electron chi connectivity index (χ0n) is 13.8. The van der Waals surface area contributed by atoms with Crippen LogP contribution < -0.4 is 5.30 Å². The zero-order chi connectivity index (χ0) is 17.0. The molecule has 2 aromatic carbocycles. The third-order valence-corrected chi connectivity index (χ3v) is 5.84. The summed E-state index contributed by atoms with van der Waals surface area (Å²) in [5.41, 5.74) is 2.66. The Balaban J connectivity index is 2.34. The van der Waals surface area contributed by atoms with Crippen LogP contribution in [-0.2, 0) is 13.6 Å². The topological polar surface area (TPSA) is 48.4 Å². The predicted octanol–water partition coefficient (Wildman–Crippen LogP) is 4.79. The summed E-state index contributed by atoms with van der Waals surface area (Å²) < 4.78 is 24.5. The van der Waals surface area contributed by atoms with Gasteiger partial charge in [-0.2, -0.15) is 0 Å².